The second-order valence-corrected chi connectivity index (χ2v) is 7.21. The van der Waals surface area contributed by atoms with Gasteiger partial charge in [-0.05, 0) is 15.9 Å². The molecule has 0 saturated carbocycles. The van der Waals surface area contributed by atoms with Crippen molar-refractivity contribution in [1.29, 1.82) is 0 Å². The molecule has 0 radical (unpaired) electrons. The lowest BCUT2D eigenvalue weighted by Gasteiger charge is -2.23. The SMILES string of the molecule is COc1c(Br)cc2c(c1CS(=O)(=O)Cl)OCCO2. The Hall–Kier alpha value is -0.660. The molecule has 0 atom stereocenters. The Morgan fingerprint density at radius 3 is 2.72 bits per heavy atom. The molecule has 1 aromatic rings. The molecule has 100 valence electrons. The third-order valence-corrected chi connectivity index (χ3v) is 3.90. The highest BCUT2D eigenvalue weighted by molar-refractivity contribution is 9.10. The maximum atomic E-state index is 11.3. The van der Waals surface area contributed by atoms with Gasteiger partial charge in [-0.1, -0.05) is 0 Å². The topological polar surface area (TPSA) is 61.8 Å². The van der Waals surface area contributed by atoms with E-state index in [0.717, 1.165) is 0 Å². The minimum absolute atomic E-state index is 0.354. The fraction of sp³-hybridized carbons (Fsp3) is 0.400. The summed E-state index contributed by atoms with van der Waals surface area (Å²) in [6, 6.07) is 1.68. The van der Waals surface area contributed by atoms with Crippen LogP contribution in [0.4, 0.5) is 0 Å². The Morgan fingerprint density at radius 1 is 1.44 bits per heavy atom. The molecule has 0 unspecified atom stereocenters. The molecule has 18 heavy (non-hydrogen) atoms. The summed E-state index contributed by atoms with van der Waals surface area (Å²) < 4.78 is 39.2. The first-order chi connectivity index (χ1) is 8.42. The van der Waals surface area contributed by atoms with Crippen molar-refractivity contribution in [1.82, 2.24) is 0 Å². The number of hydrogen-bond donors (Lipinski definition) is 0. The Kier molecular flexibility index (Phi) is 3.93. The molecule has 0 N–H and O–H groups in total. The average Bonchev–Trinajstić information content (AvgIpc) is 2.27. The van der Waals surface area contributed by atoms with Crippen molar-refractivity contribution in [2.75, 3.05) is 20.3 Å². The molecule has 0 saturated heterocycles. The second kappa shape index (κ2) is 5.14. The summed E-state index contributed by atoms with van der Waals surface area (Å²) in [7, 11) is 3.02. The molecule has 1 aromatic carbocycles. The number of methoxy groups -OCH3 is 1. The lowest BCUT2D eigenvalue weighted by Crippen LogP contribution is -2.17. The molecule has 1 heterocycles. The van der Waals surface area contributed by atoms with Gasteiger partial charge in [-0.2, -0.15) is 0 Å². The highest BCUT2D eigenvalue weighted by Gasteiger charge is 2.26. The third kappa shape index (κ3) is 2.84. The van der Waals surface area contributed by atoms with Crippen LogP contribution in [-0.2, 0) is 14.8 Å². The largest absolute Gasteiger partial charge is 0.495 e. The van der Waals surface area contributed by atoms with Crippen molar-refractivity contribution in [2.24, 2.45) is 0 Å². The lowest BCUT2D eigenvalue weighted by molar-refractivity contribution is 0.169. The molecule has 0 amide bonds. The van der Waals surface area contributed by atoms with Crippen LogP contribution in [0.2, 0.25) is 0 Å². The van der Waals surface area contributed by atoms with E-state index in [1.54, 1.807) is 6.07 Å². The molecule has 0 spiro atoms. The van der Waals surface area contributed by atoms with Crippen LogP contribution in [0.5, 0.6) is 17.2 Å². The normalized spacial score (nSPS) is 14.4. The van der Waals surface area contributed by atoms with Gasteiger partial charge in [0.05, 0.1) is 22.9 Å². The standard InChI is InChI=1S/C10H10BrClO5S/c1-15-9-6(5-18(12,13)14)10-8(4-7(9)11)16-2-3-17-10/h4H,2-3,5H2,1H3. The van der Waals surface area contributed by atoms with Crippen molar-refractivity contribution < 1.29 is 22.6 Å². The molecule has 1 aliphatic rings. The summed E-state index contributed by atoms with van der Waals surface area (Å²) in [6.45, 7) is 0.770. The fourth-order valence-electron chi connectivity index (χ4n) is 1.73. The maximum Gasteiger partial charge on any atom is 0.237 e. The summed E-state index contributed by atoms with van der Waals surface area (Å²) in [6.07, 6.45) is 0. The van der Waals surface area contributed by atoms with Crippen molar-refractivity contribution in [3.63, 3.8) is 0 Å². The zero-order valence-corrected chi connectivity index (χ0v) is 12.6. The van der Waals surface area contributed by atoms with Gasteiger partial charge in [-0.15, -0.1) is 0 Å². The van der Waals surface area contributed by atoms with Gasteiger partial charge in [-0.3, -0.25) is 0 Å². The Balaban J connectivity index is 2.62. The molecule has 0 aromatic heterocycles. The minimum Gasteiger partial charge on any atom is -0.495 e. The number of fused-ring (bicyclic) bond motifs is 1. The van der Waals surface area contributed by atoms with Gasteiger partial charge in [0.2, 0.25) is 9.05 Å². The van der Waals surface area contributed by atoms with Crippen molar-refractivity contribution in [3.8, 4) is 17.2 Å². The van der Waals surface area contributed by atoms with Crippen LogP contribution in [0.15, 0.2) is 10.5 Å². The van der Waals surface area contributed by atoms with Crippen LogP contribution in [-0.4, -0.2) is 28.7 Å². The zero-order valence-electron chi connectivity index (χ0n) is 9.40. The Bertz CT molecular complexity index is 572. The Labute approximate surface area is 118 Å². The van der Waals surface area contributed by atoms with Crippen LogP contribution in [0, 0.1) is 0 Å². The summed E-state index contributed by atoms with van der Waals surface area (Å²) in [5.41, 5.74) is 0.358. The monoisotopic (exact) mass is 356 g/mol. The number of benzene rings is 1. The van der Waals surface area contributed by atoms with E-state index in [1.165, 1.54) is 7.11 Å². The minimum atomic E-state index is -3.72. The van der Waals surface area contributed by atoms with E-state index in [1.807, 2.05) is 0 Å². The highest BCUT2D eigenvalue weighted by atomic mass is 79.9. The first-order valence-corrected chi connectivity index (χ1v) is 8.27. The van der Waals surface area contributed by atoms with Crippen molar-refractivity contribution >= 4 is 35.7 Å². The van der Waals surface area contributed by atoms with E-state index >= 15 is 0 Å². The molecular formula is C10H10BrClO5S. The molecule has 0 aliphatic carbocycles. The first kappa shape index (κ1) is 13.8. The smallest absolute Gasteiger partial charge is 0.237 e. The number of hydrogen-bond acceptors (Lipinski definition) is 5. The maximum absolute atomic E-state index is 11.3. The van der Waals surface area contributed by atoms with Crippen LogP contribution in [0.3, 0.4) is 0 Å². The van der Waals surface area contributed by atoms with Gasteiger partial charge in [0.15, 0.2) is 11.5 Å². The fourth-order valence-corrected chi connectivity index (χ4v) is 3.27. The van der Waals surface area contributed by atoms with E-state index in [0.29, 0.717) is 40.5 Å². The molecule has 0 fully saturated rings. The average molecular weight is 358 g/mol. The number of rotatable bonds is 3. The highest BCUT2D eigenvalue weighted by Crippen LogP contribution is 2.45. The lowest BCUT2D eigenvalue weighted by atomic mass is 10.1. The molecule has 8 heteroatoms. The third-order valence-electron chi connectivity index (χ3n) is 2.35. The van der Waals surface area contributed by atoms with E-state index < -0.39 is 9.05 Å². The summed E-state index contributed by atoms with van der Waals surface area (Å²) in [5, 5.41) is 0. The van der Waals surface area contributed by atoms with Crippen molar-refractivity contribution in [2.45, 2.75) is 5.75 Å². The van der Waals surface area contributed by atoms with Gasteiger partial charge >= 0.3 is 0 Å². The van der Waals surface area contributed by atoms with E-state index in [4.69, 9.17) is 24.9 Å². The molecular weight excluding hydrogens is 348 g/mol. The predicted octanol–water partition coefficient (Wildman–Crippen LogP) is 2.30. The van der Waals surface area contributed by atoms with E-state index in [-0.39, 0.29) is 5.75 Å². The first-order valence-electron chi connectivity index (χ1n) is 4.99. The van der Waals surface area contributed by atoms with Crippen LogP contribution < -0.4 is 14.2 Å². The van der Waals surface area contributed by atoms with Gasteiger partial charge in [0.1, 0.15) is 19.0 Å². The van der Waals surface area contributed by atoms with Crippen LogP contribution in [0.25, 0.3) is 0 Å². The summed E-state index contributed by atoms with van der Waals surface area (Å²) >= 11 is 3.30. The summed E-state index contributed by atoms with van der Waals surface area (Å²) in [4.78, 5) is 0. The molecule has 0 bridgehead atoms. The zero-order chi connectivity index (χ0) is 13.3. The molecule has 1 aliphatic heterocycles. The van der Waals surface area contributed by atoms with Crippen molar-refractivity contribution in [3.05, 3.63) is 16.1 Å². The predicted molar refractivity (Wildman–Crippen MR) is 70.2 cm³/mol. The van der Waals surface area contributed by atoms with Gasteiger partial charge in [-0.25, -0.2) is 8.42 Å². The van der Waals surface area contributed by atoms with E-state index in [2.05, 4.69) is 15.9 Å². The number of ether oxygens (including phenoxy) is 3. The van der Waals surface area contributed by atoms with Gasteiger partial charge < -0.3 is 14.2 Å². The van der Waals surface area contributed by atoms with Gasteiger partial charge in [0.25, 0.3) is 0 Å². The van der Waals surface area contributed by atoms with Crippen LogP contribution in [0.1, 0.15) is 5.56 Å². The quantitative estimate of drug-likeness (QED) is 0.777. The van der Waals surface area contributed by atoms with Crippen LogP contribution >= 0.6 is 26.6 Å². The molecule has 5 nitrogen and oxygen atoms in total. The van der Waals surface area contributed by atoms with E-state index in [9.17, 15) is 8.42 Å². The van der Waals surface area contributed by atoms with Gasteiger partial charge in [0, 0.05) is 16.7 Å². The molecule has 2 rings (SSSR count). The number of halogens is 2. The Morgan fingerprint density at radius 2 is 2.11 bits per heavy atom. The summed E-state index contributed by atoms with van der Waals surface area (Å²) in [5.74, 6) is 0.835. The second-order valence-electron chi connectivity index (χ2n) is 3.58.